The summed E-state index contributed by atoms with van der Waals surface area (Å²) in [6.45, 7) is 7.99. The predicted molar refractivity (Wildman–Crippen MR) is 73.5 cm³/mol. The zero-order chi connectivity index (χ0) is 12.8. The lowest BCUT2D eigenvalue weighted by Crippen LogP contribution is -1.76. The van der Waals surface area contributed by atoms with Crippen molar-refractivity contribution in [2.45, 2.75) is 27.7 Å². The van der Waals surface area contributed by atoms with Gasteiger partial charge in [-0.25, -0.2) is 0 Å². The molecule has 1 N–H and O–H groups in total. The summed E-state index contributed by atoms with van der Waals surface area (Å²) in [6.07, 6.45) is 0. The van der Waals surface area contributed by atoms with E-state index in [4.69, 9.17) is 0 Å². The maximum atomic E-state index is 9.21. The minimum Gasteiger partial charge on any atom is -0.507 e. The number of rotatable bonds is 0. The predicted octanol–water partition coefficient (Wildman–Crippen LogP) is 4.31. The lowest BCUT2D eigenvalue weighted by atomic mass is 10.1. The van der Waals surface area contributed by atoms with Crippen molar-refractivity contribution in [3.63, 3.8) is 0 Å². The second-order valence-electron chi connectivity index (χ2n) is 4.40. The molecule has 2 aromatic rings. The maximum Gasteiger partial charge on any atom is 0.121 e. The minimum absolute atomic E-state index is 0.414. The van der Waals surface area contributed by atoms with E-state index < -0.39 is 0 Å². The van der Waals surface area contributed by atoms with Gasteiger partial charge in [-0.2, -0.15) is 0 Å². The molecule has 0 radical (unpaired) electrons. The molecule has 0 heterocycles. The Labute approximate surface area is 104 Å². The molecule has 0 saturated heterocycles. The SMILES string of the molecule is Cc1cccc(C)c1.Cc1cccc(C)c1O. The third kappa shape index (κ3) is 4.31. The summed E-state index contributed by atoms with van der Waals surface area (Å²) in [6, 6.07) is 14.2. The first-order valence-electron chi connectivity index (χ1n) is 5.79. The van der Waals surface area contributed by atoms with Gasteiger partial charge in [0.25, 0.3) is 0 Å². The number of para-hydroxylation sites is 1. The fraction of sp³-hybridized carbons (Fsp3) is 0.250. The highest BCUT2D eigenvalue weighted by Crippen LogP contribution is 2.19. The molecule has 0 bridgehead atoms. The van der Waals surface area contributed by atoms with Gasteiger partial charge in [0.05, 0.1) is 0 Å². The Morgan fingerprint density at radius 2 is 1.12 bits per heavy atom. The zero-order valence-corrected chi connectivity index (χ0v) is 11.0. The van der Waals surface area contributed by atoms with Crippen LogP contribution in [0.2, 0.25) is 0 Å². The summed E-state index contributed by atoms with van der Waals surface area (Å²) in [7, 11) is 0. The first-order valence-corrected chi connectivity index (χ1v) is 5.79. The van der Waals surface area contributed by atoms with Gasteiger partial charge in [-0.1, -0.05) is 53.6 Å². The van der Waals surface area contributed by atoms with Crippen LogP contribution in [-0.2, 0) is 0 Å². The van der Waals surface area contributed by atoms with Crippen molar-refractivity contribution in [3.8, 4) is 5.75 Å². The molecule has 0 spiro atoms. The van der Waals surface area contributed by atoms with Crippen LogP contribution < -0.4 is 0 Å². The van der Waals surface area contributed by atoms with E-state index in [-0.39, 0.29) is 0 Å². The fourth-order valence-corrected chi connectivity index (χ4v) is 1.61. The number of aromatic hydroxyl groups is 1. The molecule has 0 saturated carbocycles. The summed E-state index contributed by atoms with van der Waals surface area (Å²) in [5, 5.41) is 9.21. The average Bonchev–Trinajstić information content (AvgIpc) is 2.26. The highest BCUT2D eigenvalue weighted by atomic mass is 16.3. The van der Waals surface area contributed by atoms with E-state index in [1.165, 1.54) is 11.1 Å². The second-order valence-corrected chi connectivity index (χ2v) is 4.40. The van der Waals surface area contributed by atoms with Crippen LogP contribution in [0.3, 0.4) is 0 Å². The van der Waals surface area contributed by atoms with Gasteiger partial charge in [-0.15, -0.1) is 0 Å². The zero-order valence-electron chi connectivity index (χ0n) is 11.0. The smallest absolute Gasteiger partial charge is 0.121 e. The third-order valence-corrected chi connectivity index (χ3v) is 2.61. The average molecular weight is 228 g/mol. The Morgan fingerprint density at radius 1 is 0.706 bits per heavy atom. The quantitative estimate of drug-likeness (QED) is 0.712. The molecule has 0 aromatic heterocycles. The molecule has 0 atom stereocenters. The van der Waals surface area contributed by atoms with Crippen molar-refractivity contribution in [1.29, 1.82) is 0 Å². The molecule has 0 aliphatic carbocycles. The largest absolute Gasteiger partial charge is 0.507 e. The van der Waals surface area contributed by atoms with Gasteiger partial charge < -0.3 is 5.11 Å². The standard InChI is InChI=1S/C8H10O.C8H10/c1-6-4-3-5-7(2)8(6)9;1-7-4-3-5-8(2)6-7/h3-5,9H,1-2H3;3-6H,1-2H3. The van der Waals surface area contributed by atoms with E-state index in [9.17, 15) is 5.11 Å². The summed E-state index contributed by atoms with van der Waals surface area (Å²) < 4.78 is 0. The van der Waals surface area contributed by atoms with Gasteiger partial charge in [0, 0.05) is 0 Å². The Morgan fingerprint density at radius 3 is 1.41 bits per heavy atom. The van der Waals surface area contributed by atoms with Crippen LogP contribution in [0, 0.1) is 27.7 Å². The van der Waals surface area contributed by atoms with Crippen LogP contribution in [0.1, 0.15) is 22.3 Å². The molecule has 0 aliphatic heterocycles. The van der Waals surface area contributed by atoms with E-state index in [0.717, 1.165) is 11.1 Å². The van der Waals surface area contributed by atoms with Gasteiger partial charge in [0.15, 0.2) is 0 Å². The van der Waals surface area contributed by atoms with Crippen molar-refractivity contribution < 1.29 is 5.11 Å². The molecule has 2 aromatic carbocycles. The number of phenolic OH excluding ortho intramolecular Hbond substituents is 1. The summed E-state index contributed by atoms with van der Waals surface area (Å²) in [4.78, 5) is 0. The number of aryl methyl sites for hydroxylation is 4. The van der Waals surface area contributed by atoms with Crippen LogP contribution in [0.15, 0.2) is 42.5 Å². The fourth-order valence-electron chi connectivity index (χ4n) is 1.61. The van der Waals surface area contributed by atoms with Crippen molar-refractivity contribution >= 4 is 0 Å². The van der Waals surface area contributed by atoms with E-state index >= 15 is 0 Å². The third-order valence-electron chi connectivity index (χ3n) is 2.61. The van der Waals surface area contributed by atoms with E-state index in [0.29, 0.717) is 5.75 Å². The molecule has 90 valence electrons. The van der Waals surface area contributed by atoms with Gasteiger partial charge in [-0.3, -0.25) is 0 Å². The van der Waals surface area contributed by atoms with Crippen LogP contribution in [0.5, 0.6) is 5.75 Å². The first kappa shape index (κ1) is 13.3. The highest BCUT2D eigenvalue weighted by Gasteiger charge is 1.95. The first-order chi connectivity index (χ1) is 8.00. The van der Waals surface area contributed by atoms with Crippen LogP contribution in [0.4, 0.5) is 0 Å². The molecule has 0 aliphatic rings. The van der Waals surface area contributed by atoms with Crippen molar-refractivity contribution in [2.75, 3.05) is 0 Å². The van der Waals surface area contributed by atoms with E-state index in [2.05, 4.69) is 38.1 Å². The number of benzene rings is 2. The number of phenols is 1. The van der Waals surface area contributed by atoms with Crippen LogP contribution in [0.25, 0.3) is 0 Å². The molecular formula is C16H20O. The highest BCUT2D eigenvalue weighted by molar-refractivity contribution is 5.37. The lowest BCUT2D eigenvalue weighted by molar-refractivity contribution is 0.467. The van der Waals surface area contributed by atoms with Gasteiger partial charge in [0.1, 0.15) is 5.75 Å². The molecule has 0 fully saturated rings. The van der Waals surface area contributed by atoms with Gasteiger partial charge >= 0.3 is 0 Å². The molecule has 17 heavy (non-hydrogen) atoms. The lowest BCUT2D eigenvalue weighted by Gasteiger charge is -1.99. The topological polar surface area (TPSA) is 20.2 Å². The van der Waals surface area contributed by atoms with Crippen molar-refractivity contribution in [3.05, 3.63) is 64.7 Å². The van der Waals surface area contributed by atoms with E-state index in [1.807, 2.05) is 32.0 Å². The molecule has 0 unspecified atom stereocenters. The molecule has 1 heteroatoms. The number of hydrogen-bond donors (Lipinski definition) is 1. The Bertz CT molecular complexity index is 449. The van der Waals surface area contributed by atoms with Gasteiger partial charge in [0.2, 0.25) is 0 Å². The Balaban J connectivity index is 0.000000171. The monoisotopic (exact) mass is 228 g/mol. The summed E-state index contributed by atoms with van der Waals surface area (Å²) in [5.41, 5.74) is 4.56. The Kier molecular flexibility index (Phi) is 4.77. The minimum atomic E-state index is 0.414. The van der Waals surface area contributed by atoms with Crippen molar-refractivity contribution in [2.24, 2.45) is 0 Å². The molecule has 0 amide bonds. The van der Waals surface area contributed by atoms with Crippen LogP contribution in [-0.4, -0.2) is 5.11 Å². The normalized spacial score (nSPS) is 9.41. The second kappa shape index (κ2) is 6.09. The van der Waals surface area contributed by atoms with Crippen LogP contribution >= 0.6 is 0 Å². The molecular weight excluding hydrogens is 208 g/mol. The summed E-state index contributed by atoms with van der Waals surface area (Å²) >= 11 is 0. The van der Waals surface area contributed by atoms with E-state index in [1.54, 1.807) is 0 Å². The Hall–Kier alpha value is -1.76. The maximum absolute atomic E-state index is 9.21. The molecule has 1 nitrogen and oxygen atoms in total. The molecule has 2 rings (SSSR count). The van der Waals surface area contributed by atoms with Gasteiger partial charge in [-0.05, 0) is 38.8 Å². The summed E-state index contributed by atoms with van der Waals surface area (Å²) in [5.74, 6) is 0.414. The van der Waals surface area contributed by atoms with Crippen molar-refractivity contribution in [1.82, 2.24) is 0 Å². The number of hydrogen-bond acceptors (Lipinski definition) is 1.